The van der Waals surface area contributed by atoms with Gasteiger partial charge in [-0.3, -0.25) is 0 Å². The van der Waals surface area contributed by atoms with E-state index in [-0.39, 0.29) is 6.10 Å². The first-order valence-corrected chi connectivity index (χ1v) is 6.65. The SMILES string of the molecule is CCOC(C)CNc1cc(NC)nc(C2CC2)n1. The molecule has 1 aliphatic rings. The summed E-state index contributed by atoms with van der Waals surface area (Å²) in [6.07, 6.45) is 2.61. The van der Waals surface area contributed by atoms with Crippen molar-refractivity contribution in [2.45, 2.75) is 38.7 Å². The Hall–Kier alpha value is -1.36. The van der Waals surface area contributed by atoms with E-state index in [0.717, 1.165) is 30.6 Å². The smallest absolute Gasteiger partial charge is 0.136 e. The third kappa shape index (κ3) is 3.57. The van der Waals surface area contributed by atoms with Gasteiger partial charge in [0.15, 0.2) is 0 Å². The van der Waals surface area contributed by atoms with Gasteiger partial charge in [0.1, 0.15) is 17.5 Å². The maximum Gasteiger partial charge on any atom is 0.136 e. The molecule has 1 heterocycles. The zero-order valence-electron chi connectivity index (χ0n) is 11.4. The molecule has 1 saturated carbocycles. The Bertz CT molecular complexity index is 393. The van der Waals surface area contributed by atoms with Crippen LogP contribution in [0, 0.1) is 0 Å². The second-order valence-corrected chi connectivity index (χ2v) is 4.67. The molecular formula is C13H22N4O. The quantitative estimate of drug-likeness (QED) is 0.777. The molecule has 1 atom stereocenters. The number of aromatic nitrogens is 2. The molecule has 0 bridgehead atoms. The van der Waals surface area contributed by atoms with Crippen LogP contribution in [-0.2, 0) is 4.74 Å². The van der Waals surface area contributed by atoms with Crippen molar-refractivity contribution in [1.29, 1.82) is 0 Å². The number of hydrogen-bond acceptors (Lipinski definition) is 5. The predicted molar refractivity (Wildman–Crippen MR) is 73.1 cm³/mol. The lowest BCUT2D eigenvalue weighted by Gasteiger charge is -2.14. The minimum Gasteiger partial charge on any atom is -0.377 e. The van der Waals surface area contributed by atoms with Crippen LogP contribution in [0.4, 0.5) is 11.6 Å². The summed E-state index contributed by atoms with van der Waals surface area (Å²) in [5.41, 5.74) is 0. The molecule has 0 spiro atoms. The van der Waals surface area contributed by atoms with Gasteiger partial charge in [0.25, 0.3) is 0 Å². The van der Waals surface area contributed by atoms with Crippen LogP contribution < -0.4 is 10.6 Å². The molecule has 0 aliphatic heterocycles. The molecule has 5 nitrogen and oxygen atoms in total. The molecule has 1 aromatic rings. The number of nitrogens with one attached hydrogen (secondary N) is 2. The van der Waals surface area contributed by atoms with Gasteiger partial charge < -0.3 is 15.4 Å². The highest BCUT2D eigenvalue weighted by Gasteiger charge is 2.27. The summed E-state index contributed by atoms with van der Waals surface area (Å²) < 4.78 is 5.49. The van der Waals surface area contributed by atoms with Crippen molar-refractivity contribution in [3.63, 3.8) is 0 Å². The molecule has 1 aromatic heterocycles. The van der Waals surface area contributed by atoms with Crippen molar-refractivity contribution in [2.24, 2.45) is 0 Å². The summed E-state index contributed by atoms with van der Waals surface area (Å²) in [5, 5.41) is 6.39. The second kappa shape index (κ2) is 6.00. The Morgan fingerprint density at radius 2 is 2.11 bits per heavy atom. The first kappa shape index (κ1) is 13.1. The van der Waals surface area contributed by atoms with Gasteiger partial charge in [0, 0.05) is 32.2 Å². The molecule has 100 valence electrons. The molecule has 0 aromatic carbocycles. The molecule has 0 saturated heterocycles. The van der Waals surface area contributed by atoms with Crippen molar-refractivity contribution < 1.29 is 4.74 Å². The lowest BCUT2D eigenvalue weighted by atomic mass is 10.3. The molecule has 1 aliphatic carbocycles. The fraction of sp³-hybridized carbons (Fsp3) is 0.692. The fourth-order valence-corrected chi connectivity index (χ4v) is 1.80. The zero-order chi connectivity index (χ0) is 13.0. The van der Waals surface area contributed by atoms with Crippen LogP contribution in [0.2, 0.25) is 0 Å². The molecule has 2 N–H and O–H groups in total. The molecule has 1 fully saturated rings. The maximum absolute atomic E-state index is 5.49. The van der Waals surface area contributed by atoms with Crippen molar-refractivity contribution in [1.82, 2.24) is 9.97 Å². The molecule has 5 heteroatoms. The van der Waals surface area contributed by atoms with Crippen LogP contribution in [0.1, 0.15) is 38.4 Å². The van der Waals surface area contributed by atoms with E-state index in [0.29, 0.717) is 5.92 Å². The van der Waals surface area contributed by atoms with E-state index in [4.69, 9.17) is 4.74 Å². The van der Waals surface area contributed by atoms with Crippen LogP contribution >= 0.6 is 0 Å². The third-order valence-electron chi connectivity index (χ3n) is 2.96. The third-order valence-corrected chi connectivity index (χ3v) is 2.96. The molecular weight excluding hydrogens is 228 g/mol. The van der Waals surface area contributed by atoms with E-state index < -0.39 is 0 Å². The molecule has 0 radical (unpaired) electrons. The van der Waals surface area contributed by atoms with Crippen LogP contribution in [-0.4, -0.2) is 36.3 Å². The van der Waals surface area contributed by atoms with Gasteiger partial charge in [-0.05, 0) is 26.7 Å². The summed E-state index contributed by atoms with van der Waals surface area (Å²) in [7, 11) is 1.88. The number of hydrogen-bond donors (Lipinski definition) is 2. The van der Waals surface area contributed by atoms with Crippen molar-refractivity contribution >= 4 is 11.6 Å². The highest BCUT2D eigenvalue weighted by Crippen LogP contribution is 2.38. The Morgan fingerprint density at radius 3 is 2.72 bits per heavy atom. The molecule has 1 unspecified atom stereocenters. The van der Waals surface area contributed by atoms with Crippen LogP contribution in [0.3, 0.4) is 0 Å². The van der Waals surface area contributed by atoms with E-state index in [1.807, 2.05) is 20.0 Å². The number of ether oxygens (including phenoxy) is 1. The fourth-order valence-electron chi connectivity index (χ4n) is 1.80. The normalized spacial score (nSPS) is 16.4. The summed E-state index contributed by atoms with van der Waals surface area (Å²) in [6.45, 7) is 5.56. The summed E-state index contributed by atoms with van der Waals surface area (Å²) in [6, 6.07) is 1.94. The zero-order valence-corrected chi connectivity index (χ0v) is 11.4. The highest BCUT2D eigenvalue weighted by atomic mass is 16.5. The van der Waals surface area contributed by atoms with E-state index >= 15 is 0 Å². The molecule has 2 rings (SSSR count). The summed E-state index contributed by atoms with van der Waals surface area (Å²) >= 11 is 0. The highest BCUT2D eigenvalue weighted by molar-refractivity contribution is 5.47. The average molecular weight is 250 g/mol. The van der Waals surface area contributed by atoms with E-state index in [9.17, 15) is 0 Å². The van der Waals surface area contributed by atoms with Crippen LogP contribution in [0.25, 0.3) is 0 Å². The average Bonchev–Trinajstić information content (AvgIpc) is 3.20. The minimum absolute atomic E-state index is 0.187. The Labute approximate surface area is 108 Å². The first-order valence-electron chi connectivity index (χ1n) is 6.65. The van der Waals surface area contributed by atoms with Crippen LogP contribution in [0.15, 0.2) is 6.07 Å². The summed E-state index contributed by atoms with van der Waals surface area (Å²) in [5.74, 6) is 3.26. The standard InChI is InChI=1S/C13H22N4O/c1-4-18-9(2)8-15-12-7-11(14-3)16-13(17-12)10-5-6-10/h7,9-10H,4-6,8H2,1-3H3,(H2,14,15,16,17). The number of nitrogens with zero attached hydrogens (tertiary/aromatic N) is 2. The lowest BCUT2D eigenvalue weighted by Crippen LogP contribution is -2.20. The van der Waals surface area contributed by atoms with Gasteiger partial charge in [-0.25, -0.2) is 9.97 Å². The monoisotopic (exact) mass is 250 g/mol. The lowest BCUT2D eigenvalue weighted by molar-refractivity contribution is 0.0855. The van der Waals surface area contributed by atoms with E-state index in [1.165, 1.54) is 12.8 Å². The van der Waals surface area contributed by atoms with Crippen molar-refractivity contribution in [3.8, 4) is 0 Å². The van der Waals surface area contributed by atoms with Gasteiger partial charge in [0.05, 0.1) is 6.10 Å². The largest absolute Gasteiger partial charge is 0.377 e. The number of anilines is 2. The van der Waals surface area contributed by atoms with E-state index in [2.05, 4.69) is 27.5 Å². The predicted octanol–water partition coefficient (Wildman–Crippen LogP) is 2.23. The second-order valence-electron chi connectivity index (χ2n) is 4.67. The summed E-state index contributed by atoms with van der Waals surface area (Å²) in [4.78, 5) is 9.04. The van der Waals surface area contributed by atoms with Gasteiger partial charge in [-0.15, -0.1) is 0 Å². The van der Waals surface area contributed by atoms with Gasteiger partial charge in [-0.2, -0.15) is 0 Å². The van der Waals surface area contributed by atoms with Gasteiger partial charge in [0.2, 0.25) is 0 Å². The molecule has 0 amide bonds. The first-order chi connectivity index (χ1) is 8.72. The van der Waals surface area contributed by atoms with E-state index in [1.54, 1.807) is 0 Å². The van der Waals surface area contributed by atoms with Crippen molar-refractivity contribution in [3.05, 3.63) is 11.9 Å². The topological polar surface area (TPSA) is 59.1 Å². The Balaban J connectivity index is 2.00. The maximum atomic E-state index is 5.49. The minimum atomic E-state index is 0.187. The van der Waals surface area contributed by atoms with Crippen molar-refractivity contribution in [2.75, 3.05) is 30.8 Å². The molecule has 18 heavy (non-hydrogen) atoms. The van der Waals surface area contributed by atoms with Crippen LogP contribution in [0.5, 0.6) is 0 Å². The number of rotatable bonds is 7. The Morgan fingerprint density at radius 1 is 1.39 bits per heavy atom. The van der Waals surface area contributed by atoms with Gasteiger partial charge >= 0.3 is 0 Å². The Kier molecular flexibility index (Phi) is 4.36. The van der Waals surface area contributed by atoms with Gasteiger partial charge in [-0.1, -0.05) is 0 Å².